The minimum atomic E-state index is 0.333. The maximum atomic E-state index is 4.46. The summed E-state index contributed by atoms with van der Waals surface area (Å²) in [5.74, 6) is 2.27. The molecule has 1 N–H and O–H groups in total. The molecule has 2 rings (SSSR count). The van der Waals surface area contributed by atoms with Gasteiger partial charge in [0.2, 0.25) is 0 Å². The Morgan fingerprint density at radius 2 is 2.20 bits per heavy atom. The summed E-state index contributed by atoms with van der Waals surface area (Å²) in [6, 6.07) is 0.856. The minimum absolute atomic E-state index is 0.333. The summed E-state index contributed by atoms with van der Waals surface area (Å²) in [5.41, 5.74) is 0. The van der Waals surface area contributed by atoms with Gasteiger partial charge in [-0.25, -0.2) is 0 Å². The predicted molar refractivity (Wildman–Crippen MR) is 89.7 cm³/mol. The molecule has 0 atom stereocenters. The van der Waals surface area contributed by atoms with Gasteiger partial charge in [-0.15, -0.1) is 0 Å². The van der Waals surface area contributed by atoms with Gasteiger partial charge in [0.15, 0.2) is 5.96 Å². The van der Waals surface area contributed by atoms with Crippen molar-refractivity contribution >= 4 is 17.7 Å². The number of aliphatic imine (C=N–C) groups is 1. The lowest BCUT2D eigenvalue weighted by atomic mass is 10.2. The molecule has 1 saturated carbocycles. The topological polar surface area (TPSA) is 30.9 Å². The molecule has 0 aromatic carbocycles. The molecule has 0 amide bonds. The molecule has 0 unspecified atom stereocenters. The molecule has 0 spiro atoms. The zero-order chi connectivity index (χ0) is 14.6. The van der Waals surface area contributed by atoms with Crippen molar-refractivity contribution in [2.45, 2.75) is 44.4 Å². The first kappa shape index (κ1) is 16.0. The van der Waals surface area contributed by atoms with Crippen molar-refractivity contribution in [3.63, 3.8) is 0 Å². The molecule has 1 aliphatic heterocycles. The Bertz CT molecular complexity index is 339. The van der Waals surface area contributed by atoms with E-state index in [1.165, 1.54) is 25.1 Å². The largest absolute Gasteiger partial charge is 0.355 e. The van der Waals surface area contributed by atoms with E-state index in [4.69, 9.17) is 0 Å². The molecule has 4 nitrogen and oxygen atoms in total. The molecule has 2 fully saturated rings. The molecule has 5 heteroatoms. The van der Waals surface area contributed by atoms with Crippen LogP contribution in [-0.2, 0) is 0 Å². The predicted octanol–water partition coefficient (Wildman–Crippen LogP) is 1.87. The molecule has 1 aliphatic carbocycles. The number of nitrogens with one attached hydrogen (secondary N) is 1. The maximum absolute atomic E-state index is 4.46. The molecule has 116 valence electrons. The molecular formula is C15H30N4S. The first-order valence-corrected chi connectivity index (χ1v) is 8.88. The van der Waals surface area contributed by atoms with Gasteiger partial charge >= 0.3 is 0 Å². The van der Waals surface area contributed by atoms with E-state index in [1.807, 2.05) is 7.05 Å². The molecular weight excluding hydrogens is 268 g/mol. The van der Waals surface area contributed by atoms with Crippen molar-refractivity contribution in [3.05, 3.63) is 0 Å². The summed E-state index contributed by atoms with van der Waals surface area (Å²) < 4.78 is 0.333. The van der Waals surface area contributed by atoms with Crippen LogP contribution in [0.5, 0.6) is 0 Å². The highest BCUT2D eigenvalue weighted by Crippen LogP contribution is 2.29. The van der Waals surface area contributed by atoms with Gasteiger partial charge in [0.1, 0.15) is 0 Å². The van der Waals surface area contributed by atoms with Crippen molar-refractivity contribution < 1.29 is 0 Å². The zero-order valence-electron chi connectivity index (χ0n) is 13.5. The van der Waals surface area contributed by atoms with Crippen LogP contribution in [0.4, 0.5) is 0 Å². The minimum Gasteiger partial charge on any atom is -0.355 e. The fourth-order valence-electron chi connectivity index (χ4n) is 2.88. The molecule has 0 aromatic heterocycles. The molecule has 0 aromatic rings. The second-order valence-corrected chi connectivity index (χ2v) is 8.17. The average Bonchev–Trinajstić information content (AvgIpc) is 3.22. The molecule has 1 heterocycles. The van der Waals surface area contributed by atoms with Gasteiger partial charge in [-0.05, 0) is 33.2 Å². The third kappa shape index (κ3) is 4.55. The second-order valence-electron chi connectivity index (χ2n) is 6.36. The fraction of sp³-hybridized carbons (Fsp3) is 0.933. The lowest BCUT2D eigenvalue weighted by molar-refractivity contribution is 0.279. The van der Waals surface area contributed by atoms with Gasteiger partial charge in [-0.1, -0.05) is 6.92 Å². The summed E-state index contributed by atoms with van der Waals surface area (Å²) >= 11 is 2.06. The molecule has 0 bridgehead atoms. The smallest absolute Gasteiger partial charge is 0.193 e. The van der Waals surface area contributed by atoms with Crippen molar-refractivity contribution in [3.8, 4) is 0 Å². The van der Waals surface area contributed by atoms with Crippen LogP contribution in [0.3, 0.4) is 0 Å². The summed E-state index contributed by atoms with van der Waals surface area (Å²) in [7, 11) is 1.90. The molecule has 2 aliphatic rings. The normalized spacial score (nSPS) is 23.2. The zero-order valence-corrected chi connectivity index (χ0v) is 14.3. The van der Waals surface area contributed by atoms with E-state index in [9.17, 15) is 0 Å². The van der Waals surface area contributed by atoms with Gasteiger partial charge < -0.3 is 10.2 Å². The number of rotatable bonds is 5. The molecule has 20 heavy (non-hydrogen) atoms. The van der Waals surface area contributed by atoms with Crippen LogP contribution in [0.2, 0.25) is 0 Å². The number of guanidine groups is 1. The van der Waals surface area contributed by atoms with Crippen molar-refractivity contribution in [2.75, 3.05) is 45.5 Å². The maximum Gasteiger partial charge on any atom is 0.193 e. The number of hydrogen-bond acceptors (Lipinski definition) is 3. The summed E-state index contributed by atoms with van der Waals surface area (Å²) in [5, 5.41) is 3.55. The Kier molecular flexibility index (Phi) is 5.61. The van der Waals surface area contributed by atoms with Crippen molar-refractivity contribution in [1.29, 1.82) is 0 Å². The van der Waals surface area contributed by atoms with Crippen molar-refractivity contribution in [2.24, 2.45) is 4.99 Å². The lowest BCUT2D eigenvalue weighted by Gasteiger charge is -2.39. The Hall–Kier alpha value is -0.420. The SMILES string of the molecule is CCN(CCNC(=NC)N1CCSC(C)(C)C1)C1CC1. The van der Waals surface area contributed by atoms with E-state index in [-0.39, 0.29) is 0 Å². The monoisotopic (exact) mass is 298 g/mol. The summed E-state index contributed by atoms with van der Waals surface area (Å²) in [4.78, 5) is 9.45. The van der Waals surface area contributed by atoms with Crippen LogP contribution in [-0.4, -0.2) is 72.1 Å². The van der Waals surface area contributed by atoms with Crippen LogP contribution in [0.25, 0.3) is 0 Å². The third-order valence-electron chi connectivity index (χ3n) is 4.09. The van der Waals surface area contributed by atoms with Crippen LogP contribution in [0, 0.1) is 0 Å². The van der Waals surface area contributed by atoms with Gasteiger partial charge in [-0.3, -0.25) is 9.89 Å². The number of likely N-dealkylation sites (N-methyl/N-ethyl adjacent to an activating group) is 1. The van der Waals surface area contributed by atoms with Crippen LogP contribution >= 0.6 is 11.8 Å². The first-order valence-electron chi connectivity index (χ1n) is 7.89. The van der Waals surface area contributed by atoms with E-state index < -0.39 is 0 Å². The highest BCUT2D eigenvalue weighted by Gasteiger charge is 2.29. The number of hydrogen-bond donors (Lipinski definition) is 1. The number of nitrogens with zero attached hydrogens (tertiary/aromatic N) is 3. The molecule has 1 saturated heterocycles. The Morgan fingerprint density at radius 3 is 2.75 bits per heavy atom. The fourth-order valence-corrected chi connectivity index (χ4v) is 3.99. The molecule has 0 radical (unpaired) electrons. The van der Waals surface area contributed by atoms with E-state index in [1.54, 1.807) is 0 Å². The van der Waals surface area contributed by atoms with Crippen molar-refractivity contribution in [1.82, 2.24) is 15.1 Å². The van der Waals surface area contributed by atoms with Crippen LogP contribution < -0.4 is 5.32 Å². The Labute approximate surface area is 128 Å². The van der Waals surface area contributed by atoms with Gasteiger partial charge in [0, 0.05) is 49.8 Å². The van der Waals surface area contributed by atoms with Gasteiger partial charge in [0.05, 0.1) is 0 Å². The van der Waals surface area contributed by atoms with E-state index in [0.29, 0.717) is 4.75 Å². The Morgan fingerprint density at radius 1 is 1.45 bits per heavy atom. The number of thioether (sulfide) groups is 1. The highest BCUT2D eigenvalue weighted by atomic mass is 32.2. The highest BCUT2D eigenvalue weighted by molar-refractivity contribution is 8.00. The first-order chi connectivity index (χ1) is 9.55. The summed E-state index contributed by atoms with van der Waals surface area (Å²) in [6.07, 6.45) is 2.78. The quantitative estimate of drug-likeness (QED) is 0.620. The van der Waals surface area contributed by atoms with E-state index >= 15 is 0 Å². The van der Waals surface area contributed by atoms with Crippen LogP contribution in [0.15, 0.2) is 4.99 Å². The lowest BCUT2D eigenvalue weighted by Crippen LogP contribution is -2.52. The van der Waals surface area contributed by atoms with Gasteiger partial charge in [0.25, 0.3) is 0 Å². The second kappa shape index (κ2) is 7.03. The van der Waals surface area contributed by atoms with E-state index in [0.717, 1.165) is 38.2 Å². The standard InChI is InChI=1S/C15H30N4S/c1-5-18(13-6-7-13)9-8-17-14(16-4)19-10-11-20-15(2,3)12-19/h13H,5-12H2,1-4H3,(H,16,17). The van der Waals surface area contributed by atoms with E-state index in [2.05, 4.69) is 52.6 Å². The van der Waals surface area contributed by atoms with Gasteiger partial charge in [-0.2, -0.15) is 11.8 Å². The average molecular weight is 299 g/mol. The summed E-state index contributed by atoms with van der Waals surface area (Å²) in [6.45, 7) is 12.4. The van der Waals surface area contributed by atoms with Crippen LogP contribution in [0.1, 0.15) is 33.6 Å². The third-order valence-corrected chi connectivity index (χ3v) is 5.39. The Balaban J connectivity index is 1.77.